The van der Waals surface area contributed by atoms with E-state index in [0.717, 1.165) is 17.7 Å². The Morgan fingerprint density at radius 3 is 2.52 bits per heavy atom. The number of hydrogen-bond acceptors (Lipinski definition) is 4. The second-order valence-electron chi connectivity index (χ2n) is 6.85. The lowest BCUT2D eigenvalue weighted by Gasteiger charge is -2.25. The number of nitrogens with zero attached hydrogens (tertiary/aromatic N) is 2. The Hall–Kier alpha value is -1.58. The van der Waals surface area contributed by atoms with Gasteiger partial charge >= 0.3 is 0 Å². The Balaban J connectivity index is 1.85. The van der Waals surface area contributed by atoms with Crippen molar-refractivity contribution in [3.8, 4) is 11.8 Å². The van der Waals surface area contributed by atoms with Crippen molar-refractivity contribution >= 4 is 10.0 Å². The van der Waals surface area contributed by atoms with E-state index in [0.29, 0.717) is 25.3 Å². The smallest absolute Gasteiger partial charge is 0.216 e. The molecule has 124 valence electrons. The molecule has 0 bridgehead atoms. The third-order valence-electron chi connectivity index (χ3n) is 4.87. The van der Waals surface area contributed by atoms with Crippen molar-refractivity contribution in [3.05, 3.63) is 29.8 Å². The molecule has 2 aliphatic rings. The molecule has 0 aromatic heterocycles. The molecule has 1 heterocycles. The molecule has 2 atom stereocenters. The van der Waals surface area contributed by atoms with E-state index in [1.165, 1.54) is 0 Å². The second kappa shape index (κ2) is 5.81. The summed E-state index contributed by atoms with van der Waals surface area (Å²) in [5.74, 6) is 1.03. The lowest BCUT2D eigenvalue weighted by atomic mass is 10.0. The molecule has 6 heteroatoms. The van der Waals surface area contributed by atoms with Gasteiger partial charge in [0.25, 0.3) is 0 Å². The Bertz CT molecular complexity index is 717. The van der Waals surface area contributed by atoms with E-state index in [-0.39, 0.29) is 11.8 Å². The van der Waals surface area contributed by atoms with E-state index in [4.69, 9.17) is 4.74 Å². The van der Waals surface area contributed by atoms with Gasteiger partial charge in [-0.3, -0.25) is 0 Å². The number of ether oxygens (including phenoxy) is 1. The summed E-state index contributed by atoms with van der Waals surface area (Å²) in [7, 11) is -1.82. The first-order valence-electron chi connectivity index (χ1n) is 7.94. The lowest BCUT2D eigenvalue weighted by molar-refractivity contribution is 0.389. The molecule has 0 amide bonds. The maximum atomic E-state index is 12.8. The van der Waals surface area contributed by atoms with Crippen molar-refractivity contribution in [1.29, 1.82) is 5.26 Å². The van der Waals surface area contributed by atoms with Crippen LogP contribution in [0.3, 0.4) is 0 Å². The molecular formula is C17H22N2O3S. The van der Waals surface area contributed by atoms with Gasteiger partial charge in [0, 0.05) is 6.54 Å². The first-order valence-corrected chi connectivity index (χ1v) is 9.55. The Morgan fingerprint density at radius 1 is 1.35 bits per heavy atom. The van der Waals surface area contributed by atoms with Gasteiger partial charge in [-0.25, -0.2) is 8.42 Å². The summed E-state index contributed by atoms with van der Waals surface area (Å²) in [6, 6.07) is 9.63. The molecule has 1 aromatic rings. The molecule has 1 aliphatic heterocycles. The summed E-state index contributed by atoms with van der Waals surface area (Å²) in [5, 5.41) is 9.21. The molecule has 1 aromatic carbocycles. The molecule has 2 fully saturated rings. The van der Waals surface area contributed by atoms with Gasteiger partial charge in [0.05, 0.1) is 30.4 Å². The second-order valence-corrected chi connectivity index (χ2v) is 8.77. The summed E-state index contributed by atoms with van der Waals surface area (Å²) in [6.07, 6.45) is 2.20. The van der Waals surface area contributed by atoms with Crippen LogP contribution in [0.4, 0.5) is 0 Å². The number of nitriles is 1. The van der Waals surface area contributed by atoms with E-state index < -0.39 is 15.4 Å². The van der Waals surface area contributed by atoms with Crippen molar-refractivity contribution in [2.75, 3.05) is 19.4 Å². The number of hydrogen-bond donors (Lipinski definition) is 0. The predicted octanol–water partition coefficient (Wildman–Crippen LogP) is 2.71. The van der Waals surface area contributed by atoms with E-state index >= 15 is 0 Å². The van der Waals surface area contributed by atoms with Crippen molar-refractivity contribution in [1.82, 2.24) is 4.31 Å². The van der Waals surface area contributed by atoms with Crippen LogP contribution in [0.15, 0.2) is 24.3 Å². The molecule has 0 unspecified atom stereocenters. The molecular weight excluding hydrogens is 312 g/mol. The SMILES string of the molecule is COc1ccc([C@H]2C[C@H](C)CN2S(=O)(=O)CC2(C#N)CC2)cc1. The normalized spacial score (nSPS) is 26.7. The summed E-state index contributed by atoms with van der Waals surface area (Å²) < 4.78 is 32.5. The van der Waals surface area contributed by atoms with E-state index in [2.05, 4.69) is 13.0 Å². The van der Waals surface area contributed by atoms with Gasteiger partial charge in [-0.05, 0) is 42.9 Å². The first-order chi connectivity index (χ1) is 10.9. The van der Waals surface area contributed by atoms with Crippen LogP contribution in [0.25, 0.3) is 0 Å². The summed E-state index contributed by atoms with van der Waals surface area (Å²) in [4.78, 5) is 0. The number of rotatable bonds is 5. The lowest BCUT2D eigenvalue weighted by Crippen LogP contribution is -2.35. The Morgan fingerprint density at radius 2 is 2.00 bits per heavy atom. The highest BCUT2D eigenvalue weighted by Crippen LogP contribution is 2.48. The predicted molar refractivity (Wildman–Crippen MR) is 87.3 cm³/mol. The van der Waals surface area contributed by atoms with Crippen LogP contribution in [0.2, 0.25) is 0 Å². The minimum Gasteiger partial charge on any atom is -0.497 e. The summed E-state index contributed by atoms with van der Waals surface area (Å²) in [6.45, 7) is 2.60. The third kappa shape index (κ3) is 3.22. The monoisotopic (exact) mass is 334 g/mol. The van der Waals surface area contributed by atoms with Gasteiger partial charge in [-0.2, -0.15) is 9.57 Å². The fourth-order valence-corrected chi connectivity index (χ4v) is 5.61. The van der Waals surface area contributed by atoms with Crippen LogP contribution >= 0.6 is 0 Å². The maximum absolute atomic E-state index is 12.8. The zero-order valence-electron chi connectivity index (χ0n) is 13.5. The Kier molecular flexibility index (Phi) is 4.11. The van der Waals surface area contributed by atoms with Crippen LogP contribution < -0.4 is 4.74 Å². The van der Waals surface area contributed by atoms with Gasteiger partial charge in [0.15, 0.2) is 0 Å². The molecule has 1 saturated carbocycles. The van der Waals surface area contributed by atoms with Crippen LogP contribution in [-0.2, 0) is 10.0 Å². The maximum Gasteiger partial charge on any atom is 0.216 e. The highest BCUT2D eigenvalue weighted by atomic mass is 32.2. The minimum atomic E-state index is -3.43. The van der Waals surface area contributed by atoms with Crippen LogP contribution in [0.5, 0.6) is 5.75 Å². The molecule has 0 N–H and O–H groups in total. The summed E-state index contributed by atoms with van der Waals surface area (Å²) in [5.41, 5.74) is 0.343. The van der Waals surface area contributed by atoms with Gasteiger partial charge in [-0.15, -0.1) is 0 Å². The van der Waals surface area contributed by atoms with E-state index in [1.54, 1.807) is 11.4 Å². The van der Waals surface area contributed by atoms with Crippen LogP contribution in [0.1, 0.15) is 37.8 Å². The fourth-order valence-electron chi connectivity index (χ4n) is 3.31. The highest BCUT2D eigenvalue weighted by molar-refractivity contribution is 7.89. The standard InChI is InChI=1S/C17H22N2O3S/c1-13-9-16(14-3-5-15(22-2)6-4-14)19(10-13)23(20,21)12-17(11-18)7-8-17/h3-6,13,16H,7-10,12H2,1-2H3/t13-,16+/m0/s1. The number of sulfonamides is 1. The van der Waals surface area contributed by atoms with Gasteiger partial charge in [0.1, 0.15) is 5.75 Å². The quantitative estimate of drug-likeness (QED) is 0.830. The average molecular weight is 334 g/mol. The van der Waals surface area contributed by atoms with Crippen molar-refractivity contribution in [2.24, 2.45) is 11.3 Å². The topological polar surface area (TPSA) is 70.4 Å². The molecule has 3 rings (SSSR count). The van der Waals surface area contributed by atoms with E-state index in [1.807, 2.05) is 24.3 Å². The zero-order chi connectivity index (χ0) is 16.7. The molecule has 1 saturated heterocycles. The Labute approximate surface area is 137 Å². The zero-order valence-corrected chi connectivity index (χ0v) is 14.3. The number of benzene rings is 1. The van der Waals surface area contributed by atoms with Gasteiger partial charge in [-0.1, -0.05) is 19.1 Å². The molecule has 0 spiro atoms. The highest BCUT2D eigenvalue weighted by Gasteiger charge is 2.50. The van der Waals surface area contributed by atoms with Crippen molar-refractivity contribution < 1.29 is 13.2 Å². The molecule has 5 nitrogen and oxygen atoms in total. The largest absolute Gasteiger partial charge is 0.497 e. The third-order valence-corrected chi connectivity index (χ3v) is 6.91. The van der Waals surface area contributed by atoms with Crippen molar-refractivity contribution in [3.63, 3.8) is 0 Å². The number of methoxy groups -OCH3 is 1. The van der Waals surface area contributed by atoms with Gasteiger partial charge < -0.3 is 4.74 Å². The molecule has 1 aliphatic carbocycles. The molecule has 23 heavy (non-hydrogen) atoms. The van der Waals surface area contributed by atoms with Crippen LogP contribution in [0, 0.1) is 22.7 Å². The van der Waals surface area contributed by atoms with Crippen molar-refractivity contribution in [2.45, 2.75) is 32.2 Å². The minimum absolute atomic E-state index is 0.0458. The average Bonchev–Trinajstić information content (AvgIpc) is 3.18. The van der Waals surface area contributed by atoms with Crippen LogP contribution in [-0.4, -0.2) is 32.1 Å². The van der Waals surface area contributed by atoms with Gasteiger partial charge in [0.2, 0.25) is 10.0 Å². The molecule has 0 radical (unpaired) electrons. The van der Waals surface area contributed by atoms with E-state index in [9.17, 15) is 13.7 Å². The fraction of sp³-hybridized carbons (Fsp3) is 0.588. The summed E-state index contributed by atoms with van der Waals surface area (Å²) >= 11 is 0. The first kappa shape index (κ1) is 16.3.